The van der Waals surface area contributed by atoms with E-state index in [4.69, 9.17) is 11.6 Å². The molecule has 0 radical (unpaired) electrons. The Hall–Kier alpha value is -0.0900. The van der Waals surface area contributed by atoms with Gasteiger partial charge < -0.3 is 5.32 Å². The van der Waals surface area contributed by atoms with Crippen molar-refractivity contribution < 1.29 is 0 Å². The van der Waals surface area contributed by atoms with Crippen LogP contribution >= 0.6 is 22.9 Å². The fraction of sp³-hybridized carbons (Fsp3) is 0.667. The molecule has 1 aromatic heterocycles. The summed E-state index contributed by atoms with van der Waals surface area (Å²) >= 11 is 7.66. The van der Waals surface area contributed by atoms with Crippen molar-refractivity contribution in [2.75, 3.05) is 20.1 Å². The van der Waals surface area contributed by atoms with Crippen LogP contribution in [0.3, 0.4) is 0 Å². The monoisotopic (exact) mass is 258 g/mol. The van der Waals surface area contributed by atoms with Crippen LogP contribution < -0.4 is 5.32 Å². The molecular formula is C12H19ClN2S. The fourth-order valence-corrected chi connectivity index (χ4v) is 3.38. The zero-order chi connectivity index (χ0) is 11.4. The molecule has 0 aliphatic carbocycles. The molecule has 0 spiro atoms. The molecule has 1 N–H and O–H groups in total. The van der Waals surface area contributed by atoms with Crippen LogP contribution in [-0.2, 0) is 6.54 Å². The van der Waals surface area contributed by atoms with Gasteiger partial charge in [-0.05, 0) is 32.5 Å². The van der Waals surface area contributed by atoms with E-state index in [1.807, 2.05) is 5.38 Å². The van der Waals surface area contributed by atoms with Gasteiger partial charge in [-0.3, -0.25) is 4.90 Å². The second-order valence-electron chi connectivity index (χ2n) is 4.57. The second kappa shape index (κ2) is 6.01. The van der Waals surface area contributed by atoms with Crippen LogP contribution in [0.15, 0.2) is 11.4 Å². The molecule has 0 bridgehead atoms. The molecule has 1 atom stereocenters. The quantitative estimate of drug-likeness (QED) is 0.893. The number of likely N-dealkylation sites (N-methyl/N-ethyl adjacent to an activating group) is 1. The maximum absolute atomic E-state index is 5.92. The number of hydrogen-bond donors (Lipinski definition) is 1. The highest BCUT2D eigenvalue weighted by molar-refractivity contribution is 7.10. The smallest absolute Gasteiger partial charge is 0.0516 e. The molecule has 4 heteroatoms. The van der Waals surface area contributed by atoms with E-state index in [2.05, 4.69) is 23.3 Å². The van der Waals surface area contributed by atoms with E-state index < -0.39 is 0 Å². The van der Waals surface area contributed by atoms with E-state index in [0.29, 0.717) is 6.04 Å². The normalized spacial score (nSPS) is 21.6. The van der Waals surface area contributed by atoms with Gasteiger partial charge in [-0.1, -0.05) is 18.0 Å². The van der Waals surface area contributed by atoms with Crippen LogP contribution in [0.5, 0.6) is 0 Å². The predicted octanol–water partition coefficient (Wildman–Crippen LogP) is 2.98. The molecule has 2 nitrogen and oxygen atoms in total. The average Bonchev–Trinajstić information content (AvgIpc) is 2.65. The number of hydrogen-bond acceptors (Lipinski definition) is 3. The average molecular weight is 259 g/mol. The maximum atomic E-state index is 5.92. The van der Waals surface area contributed by atoms with Gasteiger partial charge in [0, 0.05) is 29.4 Å². The van der Waals surface area contributed by atoms with Crippen molar-refractivity contribution >= 4 is 22.9 Å². The molecule has 16 heavy (non-hydrogen) atoms. The van der Waals surface area contributed by atoms with Crippen LogP contribution in [-0.4, -0.2) is 31.1 Å². The molecule has 2 rings (SSSR count). The van der Waals surface area contributed by atoms with Gasteiger partial charge in [-0.15, -0.1) is 11.3 Å². The van der Waals surface area contributed by atoms with Crippen molar-refractivity contribution in [3.8, 4) is 0 Å². The Labute approximate surface area is 107 Å². The Balaban J connectivity index is 1.77. The molecule has 0 saturated carbocycles. The highest BCUT2D eigenvalue weighted by atomic mass is 35.5. The molecule has 1 aromatic rings. The van der Waals surface area contributed by atoms with E-state index in [-0.39, 0.29) is 0 Å². The highest BCUT2D eigenvalue weighted by Gasteiger charge is 2.14. The van der Waals surface area contributed by atoms with Crippen LogP contribution in [0.2, 0.25) is 5.02 Å². The Morgan fingerprint density at radius 2 is 2.44 bits per heavy atom. The molecule has 1 saturated heterocycles. The Morgan fingerprint density at radius 1 is 1.56 bits per heavy atom. The lowest BCUT2D eigenvalue weighted by atomic mass is 10.0. The molecule has 1 unspecified atom stereocenters. The lowest BCUT2D eigenvalue weighted by Gasteiger charge is -2.27. The van der Waals surface area contributed by atoms with Crippen LogP contribution in [0, 0.1) is 0 Å². The summed E-state index contributed by atoms with van der Waals surface area (Å²) < 4.78 is 0. The Bertz CT molecular complexity index is 321. The van der Waals surface area contributed by atoms with Gasteiger partial charge in [0.1, 0.15) is 0 Å². The van der Waals surface area contributed by atoms with Crippen molar-refractivity contribution in [1.29, 1.82) is 0 Å². The molecular weight excluding hydrogens is 240 g/mol. The minimum Gasteiger partial charge on any atom is -0.313 e. The maximum Gasteiger partial charge on any atom is 0.0516 e. The van der Waals surface area contributed by atoms with E-state index in [0.717, 1.165) is 18.1 Å². The van der Waals surface area contributed by atoms with E-state index in [1.165, 1.54) is 30.7 Å². The summed E-state index contributed by atoms with van der Waals surface area (Å²) in [6, 6.07) is 2.74. The minimum absolute atomic E-state index is 0.675. The molecule has 0 aromatic carbocycles. The number of nitrogens with one attached hydrogen (secondary N) is 1. The van der Waals surface area contributed by atoms with Gasteiger partial charge in [-0.2, -0.15) is 0 Å². The summed E-state index contributed by atoms with van der Waals surface area (Å²) in [6.45, 7) is 3.33. The first-order valence-electron chi connectivity index (χ1n) is 5.89. The zero-order valence-electron chi connectivity index (χ0n) is 9.71. The predicted molar refractivity (Wildman–Crippen MR) is 71.3 cm³/mol. The molecule has 90 valence electrons. The number of thiophene rings is 1. The first-order chi connectivity index (χ1) is 7.74. The Kier molecular flexibility index (Phi) is 4.65. The van der Waals surface area contributed by atoms with Gasteiger partial charge in [0.2, 0.25) is 0 Å². The topological polar surface area (TPSA) is 15.3 Å². The number of rotatable bonds is 4. The van der Waals surface area contributed by atoms with Crippen LogP contribution in [0.4, 0.5) is 0 Å². The van der Waals surface area contributed by atoms with Crippen LogP contribution in [0.25, 0.3) is 0 Å². The largest absolute Gasteiger partial charge is 0.313 e. The summed E-state index contributed by atoms with van der Waals surface area (Å²) in [5.74, 6) is 0. The first kappa shape index (κ1) is 12.4. The van der Waals surface area contributed by atoms with E-state index in [1.54, 1.807) is 11.3 Å². The number of halogens is 1. The van der Waals surface area contributed by atoms with E-state index in [9.17, 15) is 0 Å². The third kappa shape index (κ3) is 3.74. The molecule has 2 heterocycles. The summed E-state index contributed by atoms with van der Waals surface area (Å²) in [5.41, 5.74) is 0. The molecule has 1 aliphatic rings. The lowest BCUT2D eigenvalue weighted by Crippen LogP contribution is -2.42. The third-order valence-corrected chi connectivity index (χ3v) is 4.26. The van der Waals surface area contributed by atoms with Crippen molar-refractivity contribution in [3.05, 3.63) is 21.3 Å². The summed E-state index contributed by atoms with van der Waals surface area (Å²) in [5, 5.41) is 6.45. The van der Waals surface area contributed by atoms with Gasteiger partial charge >= 0.3 is 0 Å². The molecule has 1 fully saturated rings. The minimum atomic E-state index is 0.675. The molecule has 0 amide bonds. The van der Waals surface area contributed by atoms with Crippen LogP contribution in [0.1, 0.15) is 24.1 Å². The number of piperidine rings is 1. The van der Waals surface area contributed by atoms with Crippen molar-refractivity contribution in [1.82, 2.24) is 10.2 Å². The summed E-state index contributed by atoms with van der Waals surface area (Å²) in [7, 11) is 2.18. The Morgan fingerprint density at radius 3 is 3.06 bits per heavy atom. The van der Waals surface area contributed by atoms with Gasteiger partial charge in [-0.25, -0.2) is 0 Å². The van der Waals surface area contributed by atoms with Crippen molar-refractivity contribution in [2.45, 2.75) is 31.8 Å². The SMILES string of the molecule is CN(Cc1cc(Cl)cs1)CC1CCCCN1. The number of nitrogens with zero attached hydrogens (tertiary/aromatic N) is 1. The fourth-order valence-electron chi connectivity index (χ4n) is 2.22. The van der Waals surface area contributed by atoms with Gasteiger partial charge in [0.25, 0.3) is 0 Å². The van der Waals surface area contributed by atoms with Crippen molar-refractivity contribution in [2.24, 2.45) is 0 Å². The van der Waals surface area contributed by atoms with Crippen molar-refractivity contribution in [3.63, 3.8) is 0 Å². The summed E-state index contributed by atoms with van der Waals surface area (Å²) in [6.07, 6.45) is 4.02. The summed E-state index contributed by atoms with van der Waals surface area (Å²) in [4.78, 5) is 3.73. The zero-order valence-corrected chi connectivity index (χ0v) is 11.3. The second-order valence-corrected chi connectivity index (χ2v) is 6.01. The van der Waals surface area contributed by atoms with E-state index >= 15 is 0 Å². The van der Waals surface area contributed by atoms with Gasteiger partial charge in [0.05, 0.1) is 5.02 Å². The highest BCUT2D eigenvalue weighted by Crippen LogP contribution is 2.20. The third-order valence-electron chi connectivity index (χ3n) is 2.99. The lowest BCUT2D eigenvalue weighted by molar-refractivity contribution is 0.258. The van der Waals surface area contributed by atoms with Gasteiger partial charge in [0.15, 0.2) is 0 Å². The first-order valence-corrected chi connectivity index (χ1v) is 7.14. The standard InChI is InChI=1S/C12H19ClN2S/c1-15(7-11-4-2-3-5-14-11)8-12-6-10(13)9-16-12/h6,9,11,14H,2-5,7-8H2,1H3. The molecule has 1 aliphatic heterocycles.